The van der Waals surface area contributed by atoms with Gasteiger partial charge in [-0.3, -0.25) is 4.98 Å². The van der Waals surface area contributed by atoms with Gasteiger partial charge in [0, 0.05) is 24.5 Å². The zero-order chi connectivity index (χ0) is 13.2. The van der Waals surface area contributed by atoms with E-state index in [9.17, 15) is 0 Å². The van der Waals surface area contributed by atoms with Crippen molar-refractivity contribution in [2.24, 2.45) is 0 Å². The zero-order valence-corrected chi connectivity index (χ0v) is 11.0. The summed E-state index contributed by atoms with van der Waals surface area (Å²) in [5, 5.41) is 7.81. The molecule has 0 fully saturated rings. The molecule has 96 valence electrons. The van der Waals surface area contributed by atoms with Crippen LogP contribution in [0.2, 0.25) is 0 Å². The van der Waals surface area contributed by atoms with Crippen molar-refractivity contribution in [3.63, 3.8) is 0 Å². The molecule has 5 heteroatoms. The van der Waals surface area contributed by atoms with E-state index >= 15 is 0 Å². The molecular formula is C14H15N5. The van der Waals surface area contributed by atoms with Crippen molar-refractivity contribution in [3.05, 3.63) is 48.0 Å². The highest BCUT2D eigenvalue weighted by Gasteiger charge is 2.10. The Bertz CT molecular complexity index is 702. The van der Waals surface area contributed by atoms with Crippen molar-refractivity contribution in [1.29, 1.82) is 0 Å². The summed E-state index contributed by atoms with van der Waals surface area (Å²) >= 11 is 0. The highest BCUT2D eigenvalue weighted by atomic mass is 15.3. The minimum absolute atomic E-state index is 0.747. The lowest BCUT2D eigenvalue weighted by atomic mass is 10.2. The molecular weight excluding hydrogens is 238 g/mol. The van der Waals surface area contributed by atoms with Gasteiger partial charge in [0.1, 0.15) is 0 Å². The van der Waals surface area contributed by atoms with E-state index in [0.717, 1.165) is 34.8 Å². The highest BCUT2D eigenvalue weighted by Crippen LogP contribution is 2.17. The molecule has 3 aromatic rings. The second-order valence-corrected chi connectivity index (χ2v) is 4.40. The number of hydrogen-bond acceptors (Lipinski definition) is 4. The van der Waals surface area contributed by atoms with E-state index < -0.39 is 0 Å². The molecule has 19 heavy (non-hydrogen) atoms. The number of imidazole rings is 1. The summed E-state index contributed by atoms with van der Waals surface area (Å²) in [6.45, 7) is 2.75. The van der Waals surface area contributed by atoms with Crippen LogP contribution < -0.4 is 5.32 Å². The van der Waals surface area contributed by atoms with Gasteiger partial charge in [-0.15, -0.1) is 0 Å². The lowest BCUT2D eigenvalue weighted by molar-refractivity contribution is 0.744. The molecule has 0 aliphatic heterocycles. The van der Waals surface area contributed by atoms with E-state index in [0.29, 0.717) is 0 Å². The van der Waals surface area contributed by atoms with Gasteiger partial charge in [-0.1, -0.05) is 0 Å². The maximum atomic E-state index is 4.66. The Hall–Kier alpha value is -2.27. The van der Waals surface area contributed by atoms with Crippen molar-refractivity contribution in [2.75, 3.05) is 7.05 Å². The number of nitrogens with one attached hydrogen (secondary N) is 1. The predicted octanol–water partition coefficient (Wildman–Crippen LogP) is 1.82. The molecule has 0 aromatic carbocycles. The molecule has 3 rings (SSSR count). The van der Waals surface area contributed by atoms with Gasteiger partial charge < -0.3 is 5.32 Å². The van der Waals surface area contributed by atoms with E-state index in [4.69, 9.17) is 0 Å². The quantitative estimate of drug-likeness (QED) is 0.773. The lowest BCUT2D eigenvalue weighted by Crippen LogP contribution is -2.10. The van der Waals surface area contributed by atoms with Gasteiger partial charge in [-0.2, -0.15) is 5.10 Å². The second kappa shape index (κ2) is 4.78. The summed E-state index contributed by atoms with van der Waals surface area (Å²) in [6.07, 6.45) is 3.57. The smallest absolute Gasteiger partial charge is 0.154 e. The number of hydrogen-bond donors (Lipinski definition) is 1. The summed E-state index contributed by atoms with van der Waals surface area (Å²) in [5.41, 5.74) is 4.87. The van der Waals surface area contributed by atoms with Crippen LogP contribution in [0.1, 0.15) is 11.4 Å². The fourth-order valence-corrected chi connectivity index (χ4v) is 2.13. The van der Waals surface area contributed by atoms with Crippen LogP contribution in [0.5, 0.6) is 0 Å². The van der Waals surface area contributed by atoms with Gasteiger partial charge in [0.05, 0.1) is 17.1 Å². The Balaban J connectivity index is 2.17. The van der Waals surface area contributed by atoms with Crippen molar-refractivity contribution in [2.45, 2.75) is 13.5 Å². The third-order valence-corrected chi connectivity index (χ3v) is 3.07. The second-order valence-electron chi connectivity index (χ2n) is 4.40. The van der Waals surface area contributed by atoms with Gasteiger partial charge in [-0.05, 0) is 38.2 Å². The fourth-order valence-electron chi connectivity index (χ4n) is 2.13. The first-order valence-corrected chi connectivity index (χ1v) is 6.20. The van der Waals surface area contributed by atoms with Gasteiger partial charge in [0.25, 0.3) is 0 Å². The number of pyridine rings is 1. The monoisotopic (exact) mass is 253 g/mol. The van der Waals surface area contributed by atoms with E-state index in [1.54, 1.807) is 6.20 Å². The van der Waals surface area contributed by atoms with Gasteiger partial charge >= 0.3 is 0 Å². The number of aromatic nitrogens is 4. The molecule has 0 saturated heterocycles. The fraction of sp³-hybridized carbons (Fsp3) is 0.214. The molecule has 1 N–H and O–H groups in total. The van der Waals surface area contributed by atoms with Crippen LogP contribution in [0.25, 0.3) is 16.9 Å². The predicted molar refractivity (Wildman–Crippen MR) is 73.7 cm³/mol. The standard InChI is InChI=1S/C14H15N5/c1-10-13(9-15-2)19-14(17-10)6-5-12(18-19)11-4-3-7-16-8-11/h3-8,15H,9H2,1-2H3. The largest absolute Gasteiger partial charge is 0.314 e. The average molecular weight is 253 g/mol. The number of rotatable bonds is 3. The third kappa shape index (κ3) is 2.08. The number of fused-ring (bicyclic) bond motifs is 1. The Morgan fingerprint density at radius 2 is 2.16 bits per heavy atom. The molecule has 0 radical (unpaired) electrons. The summed E-state index contributed by atoms with van der Waals surface area (Å²) in [4.78, 5) is 8.64. The Labute approximate surface area is 111 Å². The molecule has 0 amide bonds. The van der Waals surface area contributed by atoms with E-state index in [1.807, 2.05) is 48.9 Å². The van der Waals surface area contributed by atoms with Crippen molar-refractivity contribution >= 4 is 5.65 Å². The maximum absolute atomic E-state index is 4.66. The summed E-state index contributed by atoms with van der Waals surface area (Å²) < 4.78 is 1.90. The maximum Gasteiger partial charge on any atom is 0.154 e. The lowest BCUT2D eigenvalue weighted by Gasteiger charge is -2.04. The molecule has 0 aliphatic carbocycles. The summed E-state index contributed by atoms with van der Waals surface area (Å²) in [5.74, 6) is 0. The molecule has 3 aromatic heterocycles. The van der Waals surface area contributed by atoms with Gasteiger partial charge in [0.2, 0.25) is 0 Å². The molecule has 0 spiro atoms. The van der Waals surface area contributed by atoms with Crippen molar-refractivity contribution in [3.8, 4) is 11.3 Å². The first-order chi connectivity index (χ1) is 9.29. The summed E-state index contributed by atoms with van der Waals surface area (Å²) in [7, 11) is 1.92. The molecule has 0 atom stereocenters. The van der Waals surface area contributed by atoms with Gasteiger partial charge in [-0.25, -0.2) is 9.50 Å². The molecule has 0 aliphatic rings. The van der Waals surface area contributed by atoms with E-state index in [1.165, 1.54) is 0 Å². The topological polar surface area (TPSA) is 55.1 Å². The van der Waals surface area contributed by atoms with Crippen LogP contribution in [0, 0.1) is 6.92 Å². The zero-order valence-electron chi connectivity index (χ0n) is 11.0. The average Bonchev–Trinajstić information content (AvgIpc) is 2.76. The van der Waals surface area contributed by atoms with E-state index in [2.05, 4.69) is 20.4 Å². The van der Waals surface area contributed by atoms with Crippen LogP contribution in [-0.4, -0.2) is 26.6 Å². The molecule has 3 heterocycles. The van der Waals surface area contributed by atoms with Crippen molar-refractivity contribution in [1.82, 2.24) is 24.9 Å². The third-order valence-electron chi connectivity index (χ3n) is 3.07. The van der Waals surface area contributed by atoms with Crippen LogP contribution in [0.3, 0.4) is 0 Å². The Kier molecular flexibility index (Phi) is 2.97. The molecule has 5 nitrogen and oxygen atoms in total. The van der Waals surface area contributed by atoms with Crippen molar-refractivity contribution < 1.29 is 0 Å². The first kappa shape index (κ1) is 11.8. The minimum Gasteiger partial charge on any atom is -0.314 e. The molecule has 0 bridgehead atoms. The van der Waals surface area contributed by atoms with Crippen LogP contribution in [-0.2, 0) is 6.54 Å². The van der Waals surface area contributed by atoms with Crippen LogP contribution in [0.4, 0.5) is 0 Å². The Morgan fingerprint density at radius 3 is 2.89 bits per heavy atom. The molecule has 0 unspecified atom stereocenters. The van der Waals surface area contributed by atoms with E-state index in [-0.39, 0.29) is 0 Å². The normalized spacial score (nSPS) is 11.1. The summed E-state index contributed by atoms with van der Waals surface area (Å²) in [6, 6.07) is 7.88. The SMILES string of the molecule is CNCc1c(C)nc2ccc(-c3cccnc3)nn12. The minimum atomic E-state index is 0.747. The number of nitrogens with zero attached hydrogens (tertiary/aromatic N) is 4. The van der Waals surface area contributed by atoms with Gasteiger partial charge in [0.15, 0.2) is 5.65 Å². The van der Waals surface area contributed by atoms with Crippen LogP contribution in [0.15, 0.2) is 36.7 Å². The molecule has 0 saturated carbocycles. The Morgan fingerprint density at radius 1 is 1.26 bits per heavy atom. The first-order valence-electron chi connectivity index (χ1n) is 6.20. The highest BCUT2D eigenvalue weighted by molar-refractivity contribution is 5.59. The van der Waals surface area contributed by atoms with Crippen LogP contribution >= 0.6 is 0 Å². The number of aryl methyl sites for hydroxylation is 1.